The maximum Gasteiger partial charge on any atom is 0.0171 e. The zero-order valence-corrected chi connectivity index (χ0v) is 12.0. The minimum absolute atomic E-state index is 0.378. The summed E-state index contributed by atoms with van der Waals surface area (Å²) in [6.07, 6.45) is 5.26. The number of piperidine rings is 1. The van der Waals surface area contributed by atoms with Gasteiger partial charge in [-0.3, -0.25) is 0 Å². The van der Waals surface area contributed by atoms with E-state index < -0.39 is 0 Å². The summed E-state index contributed by atoms with van der Waals surface area (Å²) < 4.78 is 0. The van der Waals surface area contributed by atoms with Gasteiger partial charge < -0.3 is 10.6 Å². The van der Waals surface area contributed by atoms with Crippen molar-refractivity contribution in [3.63, 3.8) is 0 Å². The van der Waals surface area contributed by atoms with Crippen LogP contribution in [-0.4, -0.2) is 30.6 Å². The van der Waals surface area contributed by atoms with Crippen molar-refractivity contribution in [1.82, 2.24) is 4.90 Å². The summed E-state index contributed by atoms with van der Waals surface area (Å²) in [7, 11) is 0. The lowest BCUT2D eigenvalue weighted by Gasteiger charge is -2.36. The van der Waals surface area contributed by atoms with Gasteiger partial charge >= 0.3 is 0 Å². The Morgan fingerprint density at radius 3 is 2.53 bits per heavy atom. The van der Waals surface area contributed by atoms with E-state index in [-0.39, 0.29) is 0 Å². The van der Waals surface area contributed by atoms with Crippen LogP contribution in [0.25, 0.3) is 0 Å². The number of rotatable bonds is 4. The highest BCUT2D eigenvalue weighted by Gasteiger charge is 2.30. The van der Waals surface area contributed by atoms with Gasteiger partial charge in [0.2, 0.25) is 0 Å². The monoisotopic (exact) mass is 258 g/mol. The third kappa shape index (κ3) is 3.80. The molecule has 19 heavy (non-hydrogen) atoms. The molecule has 104 valence electrons. The molecule has 3 rings (SSSR count). The van der Waals surface area contributed by atoms with Crippen LogP contribution in [0, 0.1) is 18.8 Å². The number of hydrogen-bond donors (Lipinski definition) is 1. The Kier molecular flexibility index (Phi) is 3.90. The topological polar surface area (TPSA) is 29.3 Å². The molecule has 0 spiro atoms. The maximum atomic E-state index is 6.25. The Morgan fingerprint density at radius 2 is 1.84 bits per heavy atom. The van der Waals surface area contributed by atoms with Crippen LogP contribution in [0.15, 0.2) is 24.3 Å². The Balaban J connectivity index is 1.57. The Morgan fingerprint density at radius 1 is 1.11 bits per heavy atom. The van der Waals surface area contributed by atoms with Gasteiger partial charge in [-0.15, -0.1) is 0 Å². The highest BCUT2D eigenvalue weighted by molar-refractivity contribution is 5.21. The summed E-state index contributed by atoms with van der Waals surface area (Å²) in [4.78, 5) is 2.62. The van der Waals surface area contributed by atoms with Crippen LogP contribution in [0.3, 0.4) is 0 Å². The van der Waals surface area contributed by atoms with E-state index in [0.29, 0.717) is 6.04 Å². The van der Waals surface area contributed by atoms with Gasteiger partial charge in [-0.25, -0.2) is 0 Å². The molecule has 1 heterocycles. The van der Waals surface area contributed by atoms with Gasteiger partial charge in [-0.2, -0.15) is 0 Å². The molecule has 2 atom stereocenters. The van der Waals surface area contributed by atoms with Crippen molar-refractivity contribution in [2.75, 3.05) is 19.6 Å². The van der Waals surface area contributed by atoms with Gasteiger partial charge in [-0.1, -0.05) is 29.8 Å². The SMILES string of the molecule is Cc1ccc(CC2CC(N)CN(CC3CC3)C2)cc1. The first-order valence-corrected chi connectivity index (χ1v) is 7.72. The number of benzene rings is 1. The van der Waals surface area contributed by atoms with Crippen molar-refractivity contribution in [2.45, 2.75) is 38.6 Å². The minimum atomic E-state index is 0.378. The second-order valence-corrected chi connectivity index (χ2v) is 6.71. The summed E-state index contributed by atoms with van der Waals surface area (Å²) in [6.45, 7) is 5.80. The van der Waals surface area contributed by atoms with Crippen LogP contribution in [0.1, 0.15) is 30.4 Å². The number of nitrogens with zero attached hydrogens (tertiary/aromatic N) is 1. The average Bonchev–Trinajstić information content (AvgIpc) is 3.15. The lowest BCUT2D eigenvalue weighted by Crippen LogP contribution is -2.48. The van der Waals surface area contributed by atoms with E-state index in [1.54, 1.807) is 0 Å². The molecule has 2 fully saturated rings. The van der Waals surface area contributed by atoms with Crippen molar-refractivity contribution in [3.8, 4) is 0 Å². The lowest BCUT2D eigenvalue weighted by molar-refractivity contribution is 0.150. The van der Waals surface area contributed by atoms with Gasteiger partial charge in [-0.05, 0) is 50.0 Å². The third-order valence-electron chi connectivity index (χ3n) is 4.50. The summed E-state index contributed by atoms with van der Waals surface area (Å²) >= 11 is 0. The van der Waals surface area contributed by atoms with Crippen LogP contribution in [0.2, 0.25) is 0 Å². The van der Waals surface area contributed by atoms with Crippen LogP contribution in [0.5, 0.6) is 0 Å². The van der Waals surface area contributed by atoms with Crippen LogP contribution in [-0.2, 0) is 6.42 Å². The zero-order valence-electron chi connectivity index (χ0n) is 12.0. The number of likely N-dealkylation sites (tertiary alicyclic amines) is 1. The van der Waals surface area contributed by atoms with Gasteiger partial charge in [0.25, 0.3) is 0 Å². The average molecular weight is 258 g/mol. The Bertz CT molecular complexity index is 406. The number of aryl methyl sites for hydroxylation is 1. The van der Waals surface area contributed by atoms with Crippen molar-refractivity contribution in [1.29, 1.82) is 0 Å². The van der Waals surface area contributed by atoms with E-state index in [1.807, 2.05) is 0 Å². The fraction of sp³-hybridized carbons (Fsp3) is 0.647. The summed E-state index contributed by atoms with van der Waals surface area (Å²) in [5.74, 6) is 1.72. The number of nitrogens with two attached hydrogens (primary N) is 1. The molecule has 2 N–H and O–H groups in total. The molecular weight excluding hydrogens is 232 g/mol. The fourth-order valence-electron chi connectivity index (χ4n) is 3.37. The summed E-state index contributed by atoms with van der Waals surface area (Å²) in [5.41, 5.74) is 9.06. The first-order valence-electron chi connectivity index (χ1n) is 7.72. The van der Waals surface area contributed by atoms with Gasteiger partial charge in [0, 0.05) is 25.7 Å². The lowest BCUT2D eigenvalue weighted by atomic mass is 9.88. The van der Waals surface area contributed by atoms with Gasteiger partial charge in [0.1, 0.15) is 0 Å². The van der Waals surface area contributed by atoms with Crippen LogP contribution >= 0.6 is 0 Å². The first kappa shape index (κ1) is 13.1. The second kappa shape index (κ2) is 5.64. The molecular formula is C17H26N2. The van der Waals surface area contributed by atoms with E-state index >= 15 is 0 Å². The fourth-order valence-corrected chi connectivity index (χ4v) is 3.37. The molecule has 1 aliphatic carbocycles. The molecule has 2 aliphatic rings. The summed E-state index contributed by atoms with van der Waals surface area (Å²) in [5, 5.41) is 0. The molecule has 1 saturated carbocycles. The van der Waals surface area contributed by atoms with Crippen molar-refractivity contribution < 1.29 is 0 Å². The molecule has 0 amide bonds. The molecule has 0 radical (unpaired) electrons. The minimum Gasteiger partial charge on any atom is -0.327 e. The predicted octanol–water partition coefficient (Wildman–Crippen LogP) is 2.60. The molecule has 2 heteroatoms. The van der Waals surface area contributed by atoms with E-state index in [2.05, 4.69) is 36.1 Å². The molecule has 2 unspecified atom stereocenters. The van der Waals surface area contributed by atoms with Gasteiger partial charge in [0.15, 0.2) is 0 Å². The normalized spacial score (nSPS) is 28.5. The molecule has 1 saturated heterocycles. The molecule has 1 aliphatic heterocycles. The van der Waals surface area contributed by atoms with E-state index in [9.17, 15) is 0 Å². The van der Waals surface area contributed by atoms with Crippen molar-refractivity contribution in [3.05, 3.63) is 35.4 Å². The molecule has 0 bridgehead atoms. The van der Waals surface area contributed by atoms with Gasteiger partial charge in [0.05, 0.1) is 0 Å². The van der Waals surface area contributed by atoms with Crippen molar-refractivity contribution >= 4 is 0 Å². The third-order valence-corrected chi connectivity index (χ3v) is 4.50. The van der Waals surface area contributed by atoms with E-state index in [0.717, 1.165) is 18.4 Å². The van der Waals surface area contributed by atoms with Crippen LogP contribution in [0.4, 0.5) is 0 Å². The molecule has 1 aromatic carbocycles. The Hall–Kier alpha value is -0.860. The largest absolute Gasteiger partial charge is 0.327 e. The Labute approximate surface area is 117 Å². The molecule has 1 aromatic rings. The molecule has 2 nitrogen and oxygen atoms in total. The van der Waals surface area contributed by atoms with Crippen molar-refractivity contribution in [2.24, 2.45) is 17.6 Å². The van der Waals surface area contributed by atoms with E-state index in [1.165, 1.54) is 49.9 Å². The first-order chi connectivity index (χ1) is 9.19. The quantitative estimate of drug-likeness (QED) is 0.899. The maximum absolute atomic E-state index is 6.25. The number of hydrogen-bond acceptors (Lipinski definition) is 2. The predicted molar refractivity (Wildman–Crippen MR) is 80.1 cm³/mol. The highest BCUT2D eigenvalue weighted by Crippen LogP contribution is 2.31. The van der Waals surface area contributed by atoms with E-state index in [4.69, 9.17) is 5.73 Å². The molecule has 0 aromatic heterocycles. The van der Waals surface area contributed by atoms with Crippen LogP contribution < -0.4 is 5.73 Å². The standard InChI is InChI=1S/C17H26N2/c1-13-2-4-14(5-3-13)8-16-9-17(18)12-19(11-16)10-15-6-7-15/h2-5,15-17H,6-12,18H2,1H3. The second-order valence-electron chi connectivity index (χ2n) is 6.71. The summed E-state index contributed by atoms with van der Waals surface area (Å²) in [6, 6.07) is 9.38. The smallest absolute Gasteiger partial charge is 0.0171 e. The zero-order chi connectivity index (χ0) is 13.2. The highest BCUT2D eigenvalue weighted by atomic mass is 15.2.